The zero-order valence-corrected chi connectivity index (χ0v) is 17.8. The maximum atomic E-state index is 12.6. The molecule has 1 amide bonds. The number of carbonyl (C=O) groups excluding carboxylic acids is 2. The topological polar surface area (TPSA) is 46.6 Å². The molecule has 4 aliphatic rings. The van der Waals surface area contributed by atoms with Crippen LogP contribution in [0.5, 0.6) is 0 Å². The van der Waals surface area contributed by atoms with Crippen molar-refractivity contribution < 1.29 is 14.3 Å². The lowest BCUT2D eigenvalue weighted by atomic mass is 9.49. The van der Waals surface area contributed by atoms with Crippen LogP contribution in [0.2, 0.25) is 0 Å². The highest BCUT2D eigenvalue weighted by atomic mass is 35.5. The van der Waals surface area contributed by atoms with Gasteiger partial charge in [-0.25, -0.2) is 0 Å². The number of rotatable bonds is 2. The molecule has 1 saturated heterocycles. The zero-order valence-electron chi connectivity index (χ0n) is 17.0. The Hall–Kier alpha value is -1.03. The summed E-state index contributed by atoms with van der Waals surface area (Å²) in [5, 5.41) is 0.873. The molecule has 5 heteroatoms. The summed E-state index contributed by atoms with van der Waals surface area (Å²) in [6.45, 7) is 6.98. The molecule has 0 unspecified atom stereocenters. The minimum atomic E-state index is -0.0218. The first-order valence-corrected chi connectivity index (χ1v) is 10.9. The average molecular weight is 394 g/mol. The van der Waals surface area contributed by atoms with Crippen LogP contribution in [0, 0.1) is 34.5 Å². The molecule has 1 aliphatic heterocycles. The summed E-state index contributed by atoms with van der Waals surface area (Å²) in [5.41, 5.74) is 1.08. The van der Waals surface area contributed by atoms with E-state index < -0.39 is 0 Å². The van der Waals surface area contributed by atoms with E-state index >= 15 is 0 Å². The standard InChI is InChI=1S/C22H32ClNO3/c1-5-27-20(26)16-7-6-14-13-12-17(23)19-22(3,11-9-18(25)24(19)4)15(13)8-10-21(14,16)2/h13-16H,5-12H2,1-4H3/t13-,14-,15-,16+,21-,22+/m0/s1. The molecule has 0 N–H and O–H groups in total. The minimum Gasteiger partial charge on any atom is -0.466 e. The lowest BCUT2D eigenvalue weighted by molar-refractivity contribution is -0.155. The summed E-state index contributed by atoms with van der Waals surface area (Å²) < 4.78 is 5.41. The second kappa shape index (κ2) is 6.50. The second-order valence-electron chi connectivity index (χ2n) is 9.63. The molecular weight excluding hydrogens is 362 g/mol. The van der Waals surface area contributed by atoms with Gasteiger partial charge in [0.25, 0.3) is 0 Å². The zero-order chi connectivity index (χ0) is 19.6. The molecule has 6 atom stereocenters. The van der Waals surface area contributed by atoms with Crippen molar-refractivity contribution in [3.8, 4) is 0 Å². The highest BCUT2D eigenvalue weighted by Crippen LogP contribution is 2.67. The van der Waals surface area contributed by atoms with Crippen LogP contribution in [-0.4, -0.2) is 30.4 Å². The third-order valence-electron chi connectivity index (χ3n) is 8.61. The van der Waals surface area contributed by atoms with Gasteiger partial charge in [-0.1, -0.05) is 25.4 Å². The number of allylic oxidation sites excluding steroid dienone is 2. The Morgan fingerprint density at radius 3 is 2.67 bits per heavy atom. The van der Waals surface area contributed by atoms with Crippen molar-refractivity contribution in [3.05, 3.63) is 10.7 Å². The smallest absolute Gasteiger partial charge is 0.309 e. The van der Waals surface area contributed by atoms with Gasteiger partial charge in [0.1, 0.15) is 0 Å². The molecule has 1 heterocycles. The van der Waals surface area contributed by atoms with Crippen molar-refractivity contribution in [2.75, 3.05) is 13.7 Å². The second-order valence-corrected chi connectivity index (χ2v) is 10.1. The van der Waals surface area contributed by atoms with Crippen molar-refractivity contribution in [2.45, 2.75) is 65.7 Å². The molecule has 0 aromatic rings. The van der Waals surface area contributed by atoms with Crippen molar-refractivity contribution in [3.63, 3.8) is 0 Å². The van der Waals surface area contributed by atoms with Gasteiger partial charge < -0.3 is 9.64 Å². The largest absolute Gasteiger partial charge is 0.466 e. The van der Waals surface area contributed by atoms with Gasteiger partial charge in [0.2, 0.25) is 5.91 Å². The number of piperidine rings is 1. The first-order valence-electron chi connectivity index (χ1n) is 10.6. The van der Waals surface area contributed by atoms with E-state index in [2.05, 4.69) is 13.8 Å². The summed E-state index contributed by atoms with van der Waals surface area (Å²) in [4.78, 5) is 26.7. The predicted octanol–water partition coefficient (Wildman–Crippen LogP) is 4.72. The van der Waals surface area contributed by atoms with E-state index in [1.54, 1.807) is 0 Å². The lowest BCUT2D eigenvalue weighted by Crippen LogP contribution is -2.54. The van der Waals surface area contributed by atoms with Crippen molar-refractivity contribution in [1.82, 2.24) is 4.90 Å². The minimum absolute atomic E-state index is 0.00621. The molecule has 2 saturated carbocycles. The van der Waals surface area contributed by atoms with Crippen LogP contribution in [0.1, 0.15) is 65.7 Å². The van der Waals surface area contributed by atoms with Gasteiger partial charge >= 0.3 is 5.97 Å². The first kappa shape index (κ1) is 19.3. The van der Waals surface area contributed by atoms with Crippen molar-refractivity contribution in [2.24, 2.45) is 34.5 Å². The Morgan fingerprint density at radius 1 is 1.22 bits per heavy atom. The molecule has 4 rings (SSSR count). The van der Waals surface area contributed by atoms with Gasteiger partial charge in [0.05, 0.1) is 12.5 Å². The van der Waals surface area contributed by atoms with Crippen molar-refractivity contribution in [1.29, 1.82) is 0 Å². The molecule has 3 fully saturated rings. The first-order chi connectivity index (χ1) is 12.7. The third kappa shape index (κ3) is 2.62. The molecule has 0 radical (unpaired) electrons. The Morgan fingerprint density at radius 2 is 1.96 bits per heavy atom. The number of likely N-dealkylation sites (tertiary alicyclic amines) is 1. The predicted molar refractivity (Wildman–Crippen MR) is 105 cm³/mol. The highest BCUT2D eigenvalue weighted by Gasteiger charge is 2.61. The van der Waals surface area contributed by atoms with Crippen LogP contribution in [0.15, 0.2) is 10.7 Å². The van der Waals surface area contributed by atoms with Gasteiger partial charge in [0.15, 0.2) is 0 Å². The van der Waals surface area contributed by atoms with Gasteiger partial charge in [-0.05, 0) is 68.6 Å². The van der Waals surface area contributed by atoms with Crippen LogP contribution in [0.4, 0.5) is 0 Å². The Labute approximate surface area is 167 Å². The Bertz CT molecular complexity index is 704. The van der Waals surface area contributed by atoms with Crippen LogP contribution in [0.25, 0.3) is 0 Å². The molecule has 150 valence electrons. The molecule has 0 aromatic carbocycles. The number of esters is 1. The average Bonchev–Trinajstić information content (AvgIpc) is 2.96. The van der Waals surface area contributed by atoms with Crippen molar-refractivity contribution >= 4 is 23.5 Å². The fourth-order valence-corrected chi connectivity index (χ4v) is 7.83. The summed E-state index contributed by atoms with van der Waals surface area (Å²) in [6, 6.07) is 0. The maximum absolute atomic E-state index is 12.6. The fourth-order valence-electron chi connectivity index (χ4n) is 7.31. The fraction of sp³-hybridized carbons (Fsp3) is 0.818. The number of carbonyl (C=O) groups is 2. The summed E-state index contributed by atoms with van der Waals surface area (Å²) >= 11 is 6.84. The molecular formula is C22H32ClNO3. The third-order valence-corrected chi connectivity index (χ3v) is 8.94. The van der Waals surface area contributed by atoms with Gasteiger partial charge in [-0.3, -0.25) is 9.59 Å². The van der Waals surface area contributed by atoms with E-state index in [1.807, 2.05) is 18.9 Å². The number of ether oxygens (including phenoxy) is 1. The maximum Gasteiger partial charge on any atom is 0.309 e. The lowest BCUT2D eigenvalue weighted by Gasteiger charge is -2.58. The van der Waals surface area contributed by atoms with E-state index in [0.717, 1.165) is 49.3 Å². The number of amides is 1. The van der Waals surface area contributed by atoms with E-state index in [9.17, 15) is 9.59 Å². The molecule has 0 spiro atoms. The molecule has 4 nitrogen and oxygen atoms in total. The highest BCUT2D eigenvalue weighted by molar-refractivity contribution is 6.30. The monoisotopic (exact) mass is 393 g/mol. The van der Waals surface area contributed by atoms with E-state index in [0.29, 0.717) is 30.8 Å². The Balaban J connectivity index is 1.68. The molecule has 3 aliphatic carbocycles. The summed E-state index contributed by atoms with van der Waals surface area (Å²) in [5.74, 6) is 1.77. The van der Waals surface area contributed by atoms with Gasteiger partial charge in [0, 0.05) is 29.6 Å². The molecule has 27 heavy (non-hydrogen) atoms. The Kier molecular flexibility index (Phi) is 4.65. The van der Waals surface area contributed by atoms with E-state index in [-0.39, 0.29) is 28.6 Å². The SMILES string of the molecule is CCOC(=O)[C@H]1CC[C@H]2[C@@H]3CC(Cl)=C4N(C)C(=O)CC[C@]4(C)[C@H]3CC[C@]12C. The van der Waals surface area contributed by atoms with Crippen LogP contribution < -0.4 is 0 Å². The summed E-state index contributed by atoms with van der Waals surface area (Å²) in [7, 11) is 1.89. The van der Waals surface area contributed by atoms with Gasteiger partial charge in [-0.2, -0.15) is 0 Å². The number of hydrogen-bond acceptors (Lipinski definition) is 3. The van der Waals surface area contributed by atoms with Crippen LogP contribution in [-0.2, 0) is 14.3 Å². The quantitative estimate of drug-likeness (QED) is 0.637. The normalized spacial score (nSPS) is 43.9. The van der Waals surface area contributed by atoms with E-state index in [1.165, 1.54) is 0 Å². The van der Waals surface area contributed by atoms with Gasteiger partial charge in [-0.15, -0.1) is 0 Å². The number of nitrogens with zero attached hydrogens (tertiary/aromatic N) is 1. The van der Waals surface area contributed by atoms with E-state index in [4.69, 9.17) is 16.3 Å². The summed E-state index contributed by atoms with van der Waals surface area (Å²) in [6.07, 6.45) is 6.56. The molecule has 0 aromatic heterocycles. The number of fused-ring (bicyclic) bond motifs is 5. The number of hydrogen-bond donors (Lipinski definition) is 0. The molecule has 0 bridgehead atoms. The van der Waals surface area contributed by atoms with Crippen LogP contribution >= 0.6 is 11.6 Å². The van der Waals surface area contributed by atoms with Crippen LogP contribution in [0.3, 0.4) is 0 Å². The number of halogens is 1.